The van der Waals surface area contributed by atoms with Crippen molar-refractivity contribution in [1.29, 1.82) is 0 Å². The Morgan fingerprint density at radius 2 is 1.35 bits per heavy atom. The maximum atomic E-state index is 5.62. The van der Waals surface area contributed by atoms with E-state index in [1.807, 2.05) is 85.8 Å². The third-order valence-electron chi connectivity index (χ3n) is 4.56. The molecule has 0 saturated carbocycles. The fourth-order valence-corrected chi connectivity index (χ4v) is 3.05. The zero-order chi connectivity index (χ0) is 23.6. The van der Waals surface area contributed by atoms with Crippen molar-refractivity contribution in [2.24, 2.45) is 5.10 Å². The van der Waals surface area contributed by atoms with Crippen LogP contribution in [0.25, 0.3) is 0 Å². The third-order valence-corrected chi connectivity index (χ3v) is 4.56. The third kappa shape index (κ3) is 6.19. The van der Waals surface area contributed by atoms with E-state index in [2.05, 4.69) is 36.1 Å². The zero-order valence-electron chi connectivity index (χ0n) is 18.9. The summed E-state index contributed by atoms with van der Waals surface area (Å²) in [6, 6.07) is 24.9. The van der Waals surface area contributed by atoms with Crippen LogP contribution in [0.5, 0.6) is 11.5 Å². The molecule has 0 unspecified atom stereocenters. The molecule has 0 bridgehead atoms. The van der Waals surface area contributed by atoms with Gasteiger partial charge in [-0.2, -0.15) is 20.1 Å². The van der Waals surface area contributed by atoms with E-state index in [9.17, 15) is 0 Å². The van der Waals surface area contributed by atoms with Gasteiger partial charge in [-0.05, 0) is 55.0 Å². The molecule has 0 aliphatic heterocycles. The molecule has 172 valence electrons. The van der Waals surface area contributed by atoms with Crippen molar-refractivity contribution in [2.75, 3.05) is 29.8 Å². The van der Waals surface area contributed by atoms with Crippen molar-refractivity contribution in [3.8, 4) is 11.5 Å². The summed E-state index contributed by atoms with van der Waals surface area (Å²) in [4.78, 5) is 13.3. The Balaban J connectivity index is 1.55. The van der Waals surface area contributed by atoms with Crippen molar-refractivity contribution in [1.82, 2.24) is 15.0 Å². The van der Waals surface area contributed by atoms with Gasteiger partial charge in [-0.25, -0.2) is 5.43 Å². The van der Waals surface area contributed by atoms with Crippen LogP contribution in [0.1, 0.15) is 12.5 Å². The Labute approximate surface area is 197 Å². The number of benzene rings is 3. The first-order valence-corrected chi connectivity index (χ1v) is 10.7. The van der Waals surface area contributed by atoms with Gasteiger partial charge in [0.15, 0.2) is 11.5 Å². The molecule has 4 aromatic rings. The Hall–Kier alpha value is -4.66. The molecule has 3 aromatic carbocycles. The molecule has 0 atom stereocenters. The summed E-state index contributed by atoms with van der Waals surface area (Å²) in [7, 11) is 1.61. The number of nitrogens with zero attached hydrogens (tertiary/aromatic N) is 4. The number of methoxy groups -OCH3 is 1. The maximum Gasteiger partial charge on any atom is 0.250 e. The number of hydrazone groups is 1. The first kappa shape index (κ1) is 22.5. The Bertz CT molecular complexity index is 1170. The number of anilines is 5. The van der Waals surface area contributed by atoms with E-state index in [1.165, 1.54) is 0 Å². The van der Waals surface area contributed by atoms with E-state index < -0.39 is 0 Å². The monoisotopic (exact) mass is 455 g/mol. The molecule has 0 aliphatic carbocycles. The van der Waals surface area contributed by atoms with E-state index in [4.69, 9.17) is 9.47 Å². The van der Waals surface area contributed by atoms with Crippen molar-refractivity contribution >= 4 is 35.4 Å². The highest BCUT2D eigenvalue weighted by atomic mass is 16.5. The molecule has 1 heterocycles. The smallest absolute Gasteiger partial charge is 0.250 e. The number of para-hydroxylation sites is 2. The number of rotatable bonds is 10. The van der Waals surface area contributed by atoms with Crippen LogP contribution in [-0.2, 0) is 0 Å². The second kappa shape index (κ2) is 11.3. The molecule has 0 radical (unpaired) electrons. The summed E-state index contributed by atoms with van der Waals surface area (Å²) in [6.07, 6.45) is 1.65. The molecule has 0 fully saturated rings. The van der Waals surface area contributed by atoms with Crippen molar-refractivity contribution in [3.63, 3.8) is 0 Å². The minimum Gasteiger partial charge on any atom is -0.493 e. The lowest BCUT2D eigenvalue weighted by molar-refractivity contribution is 0.311. The largest absolute Gasteiger partial charge is 0.493 e. The Kier molecular flexibility index (Phi) is 7.47. The van der Waals surface area contributed by atoms with Gasteiger partial charge in [0.05, 0.1) is 19.9 Å². The number of hydrogen-bond acceptors (Lipinski definition) is 9. The Morgan fingerprint density at radius 1 is 0.765 bits per heavy atom. The van der Waals surface area contributed by atoms with E-state index in [0.29, 0.717) is 30.0 Å². The molecule has 4 rings (SSSR count). The highest BCUT2D eigenvalue weighted by molar-refractivity contribution is 5.81. The van der Waals surface area contributed by atoms with Crippen LogP contribution in [0.4, 0.5) is 29.2 Å². The van der Waals surface area contributed by atoms with E-state index >= 15 is 0 Å². The molecule has 0 spiro atoms. The highest BCUT2D eigenvalue weighted by Crippen LogP contribution is 2.27. The van der Waals surface area contributed by atoms with Crippen molar-refractivity contribution in [2.45, 2.75) is 6.92 Å². The molecule has 9 heteroatoms. The van der Waals surface area contributed by atoms with E-state index in [1.54, 1.807) is 13.3 Å². The molecule has 3 N–H and O–H groups in total. The summed E-state index contributed by atoms with van der Waals surface area (Å²) in [5.74, 6) is 2.35. The zero-order valence-corrected chi connectivity index (χ0v) is 18.9. The summed E-state index contributed by atoms with van der Waals surface area (Å²) in [5, 5.41) is 10.7. The SMILES string of the molecule is CCOc1cc(C=NNc2nc(Nc3ccccc3)nc(Nc3ccccc3)n2)ccc1OC. The second-order valence-corrected chi connectivity index (χ2v) is 7.00. The molecular weight excluding hydrogens is 430 g/mol. The average Bonchev–Trinajstić information content (AvgIpc) is 2.86. The molecule has 0 amide bonds. The van der Waals surface area contributed by atoms with Crippen LogP contribution in [0.3, 0.4) is 0 Å². The molecule has 1 aromatic heterocycles. The lowest BCUT2D eigenvalue weighted by atomic mass is 10.2. The van der Waals surface area contributed by atoms with Crippen LogP contribution in [0.2, 0.25) is 0 Å². The normalized spacial score (nSPS) is 10.6. The lowest BCUT2D eigenvalue weighted by Gasteiger charge is -2.10. The quantitative estimate of drug-likeness (QED) is 0.221. The van der Waals surface area contributed by atoms with Gasteiger partial charge in [0.2, 0.25) is 17.8 Å². The fourth-order valence-electron chi connectivity index (χ4n) is 3.05. The summed E-state index contributed by atoms with van der Waals surface area (Å²) >= 11 is 0. The van der Waals surface area contributed by atoms with Crippen LogP contribution >= 0.6 is 0 Å². The standard InChI is InChI=1S/C25H25N7O2/c1-3-34-22-16-18(14-15-21(22)33-2)17-26-32-25-30-23(27-19-10-6-4-7-11-19)29-24(31-25)28-20-12-8-5-9-13-20/h4-17H,3H2,1-2H3,(H3,27,28,29,30,31,32). The summed E-state index contributed by atoms with van der Waals surface area (Å²) in [6.45, 7) is 2.46. The minimum atomic E-state index is 0.279. The van der Waals surface area contributed by atoms with Gasteiger partial charge in [-0.1, -0.05) is 36.4 Å². The van der Waals surface area contributed by atoms with Gasteiger partial charge in [0.25, 0.3) is 0 Å². The number of hydrogen-bond donors (Lipinski definition) is 3. The Morgan fingerprint density at radius 3 is 1.91 bits per heavy atom. The topological polar surface area (TPSA) is 106 Å². The predicted molar refractivity (Wildman–Crippen MR) is 135 cm³/mol. The summed E-state index contributed by atoms with van der Waals surface area (Å²) < 4.78 is 10.9. The number of ether oxygens (including phenoxy) is 2. The first-order valence-electron chi connectivity index (χ1n) is 10.7. The van der Waals surface area contributed by atoms with Crippen molar-refractivity contribution in [3.05, 3.63) is 84.4 Å². The van der Waals surface area contributed by atoms with Gasteiger partial charge < -0.3 is 20.1 Å². The van der Waals surface area contributed by atoms with Gasteiger partial charge in [0, 0.05) is 11.4 Å². The molecule has 0 aliphatic rings. The average molecular weight is 456 g/mol. The van der Waals surface area contributed by atoms with Gasteiger partial charge in [-0.15, -0.1) is 0 Å². The van der Waals surface area contributed by atoms with E-state index in [0.717, 1.165) is 16.9 Å². The highest BCUT2D eigenvalue weighted by Gasteiger charge is 2.08. The van der Waals surface area contributed by atoms with Gasteiger partial charge >= 0.3 is 0 Å². The maximum absolute atomic E-state index is 5.62. The van der Waals surface area contributed by atoms with Crippen LogP contribution in [0.15, 0.2) is 84.0 Å². The van der Waals surface area contributed by atoms with Gasteiger partial charge in [-0.3, -0.25) is 0 Å². The second-order valence-electron chi connectivity index (χ2n) is 7.00. The molecule has 0 saturated heterocycles. The minimum absolute atomic E-state index is 0.279. The van der Waals surface area contributed by atoms with Crippen LogP contribution in [-0.4, -0.2) is 34.9 Å². The van der Waals surface area contributed by atoms with Crippen LogP contribution < -0.4 is 25.5 Å². The van der Waals surface area contributed by atoms with Gasteiger partial charge in [0.1, 0.15) is 0 Å². The summed E-state index contributed by atoms with van der Waals surface area (Å²) in [5.41, 5.74) is 5.42. The predicted octanol–water partition coefficient (Wildman–Crippen LogP) is 5.21. The van der Waals surface area contributed by atoms with Crippen molar-refractivity contribution < 1.29 is 9.47 Å². The number of aromatic nitrogens is 3. The van der Waals surface area contributed by atoms with Crippen LogP contribution in [0, 0.1) is 0 Å². The molecule has 9 nitrogen and oxygen atoms in total. The fraction of sp³-hybridized carbons (Fsp3) is 0.120. The molecule has 34 heavy (non-hydrogen) atoms. The first-order chi connectivity index (χ1) is 16.7. The molecular formula is C25H25N7O2. The number of nitrogens with one attached hydrogen (secondary N) is 3. The van der Waals surface area contributed by atoms with E-state index in [-0.39, 0.29) is 5.95 Å². The lowest BCUT2D eigenvalue weighted by Crippen LogP contribution is -2.07.